The van der Waals surface area contributed by atoms with E-state index >= 15 is 0 Å². The van der Waals surface area contributed by atoms with Gasteiger partial charge in [-0.1, -0.05) is 30.3 Å². The number of benzene rings is 1. The van der Waals surface area contributed by atoms with Gasteiger partial charge in [-0.25, -0.2) is 9.78 Å². The number of rotatable bonds is 3. The number of hydrogen-bond acceptors (Lipinski definition) is 2. The molecule has 2 nitrogen and oxygen atoms in total. The van der Waals surface area contributed by atoms with E-state index < -0.39 is 0 Å². The highest BCUT2D eigenvalue weighted by Gasteiger charge is 2.14. The lowest BCUT2D eigenvalue weighted by Gasteiger charge is -2.21. The van der Waals surface area contributed by atoms with Gasteiger partial charge >= 0.3 is 0 Å². The smallest absolute Gasteiger partial charge is 0.115 e. The molecule has 14 heavy (non-hydrogen) atoms. The second-order valence-corrected chi connectivity index (χ2v) is 4.34. The maximum Gasteiger partial charge on any atom is 0.115 e. The molecular formula is C12H18O2. The van der Waals surface area contributed by atoms with Gasteiger partial charge in [-0.15, -0.1) is 0 Å². The van der Waals surface area contributed by atoms with Gasteiger partial charge < -0.3 is 0 Å². The molecule has 78 valence electrons. The maximum atomic E-state index is 5.29. The molecule has 0 N–H and O–H groups in total. The lowest BCUT2D eigenvalue weighted by molar-refractivity contribution is -0.372. The SMILES string of the molecule is C[C@H](OOC(C)(C)C)c1ccccc1. The van der Waals surface area contributed by atoms with E-state index in [-0.39, 0.29) is 11.7 Å². The van der Waals surface area contributed by atoms with Gasteiger partial charge in [-0.3, -0.25) is 0 Å². The topological polar surface area (TPSA) is 18.5 Å². The Bertz CT molecular complexity index is 261. The zero-order valence-corrected chi connectivity index (χ0v) is 9.28. The van der Waals surface area contributed by atoms with Crippen molar-refractivity contribution in [1.29, 1.82) is 0 Å². The Morgan fingerprint density at radius 1 is 1.07 bits per heavy atom. The van der Waals surface area contributed by atoms with Crippen LogP contribution in [0.3, 0.4) is 0 Å². The summed E-state index contributed by atoms with van der Waals surface area (Å²) < 4.78 is 0. The molecule has 0 bridgehead atoms. The average Bonchev–Trinajstić information content (AvgIpc) is 2.14. The summed E-state index contributed by atoms with van der Waals surface area (Å²) in [5.74, 6) is 0. The lowest BCUT2D eigenvalue weighted by atomic mass is 10.1. The Hall–Kier alpha value is -0.860. The molecule has 1 atom stereocenters. The van der Waals surface area contributed by atoms with E-state index in [1.807, 2.05) is 58.0 Å². The van der Waals surface area contributed by atoms with Crippen LogP contribution in [0.4, 0.5) is 0 Å². The highest BCUT2D eigenvalue weighted by Crippen LogP contribution is 2.19. The van der Waals surface area contributed by atoms with Crippen LogP contribution < -0.4 is 0 Å². The van der Waals surface area contributed by atoms with Crippen molar-refractivity contribution in [1.82, 2.24) is 0 Å². The van der Waals surface area contributed by atoms with Crippen LogP contribution in [-0.2, 0) is 9.78 Å². The summed E-state index contributed by atoms with van der Waals surface area (Å²) in [6, 6.07) is 10.0. The van der Waals surface area contributed by atoms with Crippen LogP contribution in [0.2, 0.25) is 0 Å². The second kappa shape index (κ2) is 4.58. The third-order valence-corrected chi connectivity index (χ3v) is 1.71. The third-order valence-electron chi connectivity index (χ3n) is 1.71. The normalized spacial score (nSPS) is 14.0. The fraction of sp³-hybridized carbons (Fsp3) is 0.500. The van der Waals surface area contributed by atoms with E-state index in [0.29, 0.717) is 0 Å². The van der Waals surface area contributed by atoms with Gasteiger partial charge in [0.05, 0.1) is 5.60 Å². The van der Waals surface area contributed by atoms with Crippen molar-refractivity contribution in [3.05, 3.63) is 35.9 Å². The van der Waals surface area contributed by atoms with E-state index in [1.165, 1.54) is 0 Å². The van der Waals surface area contributed by atoms with Crippen molar-refractivity contribution >= 4 is 0 Å². The van der Waals surface area contributed by atoms with Crippen molar-refractivity contribution in [2.45, 2.75) is 39.4 Å². The van der Waals surface area contributed by atoms with Gasteiger partial charge in [0.1, 0.15) is 6.10 Å². The van der Waals surface area contributed by atoms with Gasteiger partial charge in [0.2, 0.25) is 0 Å². The largest absolute Gasteiger partial charge is 0.230 e. The van der Waals surface area contributed by atoms with Crippen LogP contribution in [0.15, 0.2) is 30.3 Å². The first-order valence-corrected chi connectivity index (χ1v) is 4.88. The third kappa shape index (κ3) is 3.90. The average molecular weight is 194 g/mol. The minimum atomic E-state index is -0.261. The fourth-order valence-electron chi connectivity index (χ4n) is 0.996. The molecule has 1 rings (SSSR count). The zero-order valence-electron chi connectivity index (χ0n) is 9.28. The Labute approximate surface area is 85.8 Å². The summed E-state index contributed by atoms with van der Waals surface area (Å²) >= 11 is 0. The summed E-state index contributed by atoms with van der Waals surface area (Å²) in [6.45, 7) is 7.86. The standard InChI is InChI=1S/C12H18O2/c1-10(13-14-12(2,3)4)11-8-6-5-7-9-11/h5-10H,1-4H3/t10-/m0/s1. The molecule has 0 aliphatic heterocycles. The van der Waals surface area contributed by atoms with Crippen molar-refractivity contribution in [3.8, 4) is 0 Å². The van der Waals surface area contributed by atoms with E-state index in [9.17, 15) is 0 Å². The first kappa shape index (κ1) is 11.2. The molecule has 1 aromatic rings. The van der Waals surface area contributed by atoms with Crippen molar-refractivity contribution < 1.29 is 9.78 Å². The van der Waals surface area contributed by atoms with Crippen LogP contribution in [-0.4, -0.2) is 5.60 Å². The van der Waals surface area contributed by atoms with E-state index in [2.05, 4.69) is 0 Å². The molecule has 0 radical (unpaired) electrons. The van der Waals surface area contributed by atoms with Crippen molar-refractivity contribution in [2.24, 2.45) is 0 Å². The van der Waals surface area contributed by atoms with Gasteiger partial charge in [0, 0.05) is 0 Å². The molecule has 0 spiro atoms. The van der Waals surface area contributed by atoms with Crippen LogP contribution in [0, 0.1) is 0 Å². The van der Waals surface area contributed by atoms with Crippen molar-refractivity contribution in [3.63, 3.8) is 0 Å². The molecule has 0 saturated carbocycles. The summed E-state index contributed by atoms with van der Waals surface area (Å²) in [4.78, 5) is 10.5. The van der Waals surface area contributed by atoms with Gasteiger partial charge in [-0.05, 0) is 33.3 Å². The maximum absolute atomic E-state index is 5.29. The van der Waals surface area contributed by atoms with Crippen molar-refractivity contribution in [2.75, 3.05) is 0 Å². The predicted molar refractivity (Wildman–Crippen MR) is 56.8 cm³/mol. The molecule has 0 saturated heterocycles. The molecule has 0 heterocycles. The zero-order chi connectivity index (χ0) is 10.6. The Morgan fingerprint density at radius 2 is 1.64 bits per heavy atom. The second-order valence-electron chi connectivity index (χ2n) is 4.34. The molecule has 1 aromatic carbocycles. The molecule has 0 fully saturated rings. The molecule has 0 aliphatic carbocycles. The summed E-state index contributed by atoms with van der Waals surface area (Å²) in [7, 11) is 0. The molecule has 0 amide bonds. The van der Waals surface area contributed by atoms with Crippen LogP contribution in [0.25, 0.3) is 0 Å². The lowest BCUT2D eigenvalue weighted by Crippen LogP contribution is -2.20. The molecule has 0 aromatic heterocycles. The predicted octanol–water partition coefficient (Wildman–Crippen LogP) is 3.49. The van der Waals surface area contributed by atoms with E-state index in [4.69, 9.17) is 9.78 Å². The minimum absolute atomic E-state index is 0.0320. The quantitative estimate of drug-likeness (QED) is 0.541. The van der Waals surface area contributed by atoms with E-state index in [0.717, 1.165) is 5.56 Å². The Morgan fingerprint density at radius 3 is 2.14 bits per heavy atom. The van der Waals surface area contributed by atoms with Crippen LogP contribution in [0.1, 0.15) is 39.4 Å². The summed E-state index contributed by atoms with van der Waals surface area (Å²) in [5.41, 5.74) is 0.861. The Balaban J connectivity index is 2.48. The summed E-state index contributed by atoms with van der Waals surface area (Å²) in [5, 5.41) is 0. The molecule has 0 aliphatic rings. The molecule has 2 heteroatoms. The monoisotopic (exact) mass is 194 g/mol. The summed E-state index contributed by atoms with van der Waals surface area (Å²) in [6.07, 6.45) is -0.0320. The van der Waals surface area contributed by atoms with Crippen LogP contribution >= 0.6 is 0 Å². The van der Waals surface area contributed by atoms with Gasteiger partial charge in [-0.2, -0.15) is 0 Å². The number of hydrogen-bond donors (Lipinski definition) is 0. The highest BCUT2D eigenvalue weighted by atomic mass is 17.2. The Kier molecular flexibility index (Phi) is 3.67. The van der Waals surface area contributed by atoms with E-state index in [1.54, 1.807) is 0 Å². The molecular weight excluding hydrogens is 176 g/mol. The highest BCUT2D eigenvalue weighted by molar-refractivity contribution is 5.16. The fourth-order valence-corrected chi connectivity index (χ4v) is 0.996. The first-order valence-electron chi connectivity index (χ1n) is 4.88. The van der Waals surface area contributed by atoms with Crippen LogP contribution in [0.5, 0.6) is 0 Å². The molecule has 0 unspecified atom stereocenters. The first-order chi connectivity index (χ1) is 6.49. The van der Waals surface area contributed by atoms with Gasteiger partial charge in [0.15, 0.2) is 0 Å². The van der Waals surface area contributed by atoms with Gasteiger partial charge in [0.25, 0.3) is 0 Å². The minimum Gasteiger partial charge on any atom is -0.230 e.